The first kappa shape index (κ1) is 11.9. The van der Waals surface area contributed by atoms with Crippen LogP contribution in [-0.4, -0.2) is 59.1 Å². The second-order valence-electron chi connectivity index (χ2n) is 5.35. The van der Waals surface area contributed by atoms with Crippen molar-refractivity contribution in [2.75, 3.05) is 26.2 Å². The normalized spacial score (nSPS) is 32.7. The Labute approximate surface area is 97.2 Å². The maximum atomic E-state index is 10.9. The van der Waals surface area contributed by atoms with Gasteiger partial charge in [-0.1, -0.05) is 0 Å². The molecule has 4 heteroatoms. The number of carboxylic acids is 1. The summed E-state index contributed by atoms with van der Waals surface area (Å²) in [4.78, 5) is 15.8. The van der Waals surface area contributed by atoms with Crippen molar-refractivity contribution in [3.05, 3.63) is 0 Å². The van der Waals surface area contributed by atoms with Crippen LogP contribution in [0.15, 0.2) is 0 Å². The van der Waals surface area contributed by atoms with Gasteiger partial charge in [-0.25, -0.2) is 0 Å². The van der Waals surface area contributed by atoms with Crippen LogP contribution in [0.5, 0.6) is 0 Å². The van der Waals surface area contributed by atoms with E-state index in [0.29, 0.717) is 12.1 Å². The van der Waals surface area contributed by atoms with Crippen molar-refractivity contribution in [3.63, 3.8) is 0 Å². The summed E-state index contributed by atoms with van der Waals surface area (Å²) in [5, 5.41) is 8.98. The fourth-order valence-corrected chi connectivity index (χ4v) is 2.86. The van der Waals surface area contributed by atoms with Crippen LogP contribution in [0.3, 0.4) is 0 Å². The van der Waals surface area contributed by atoms with Crippen molar-refractivity contribution in [1.82, 2.24) is 9.80 Å². The van der Waals surface area contributed by atoms with Crippen LogP contribution in [0.25, 0.3) is 0 Å². The third-order valence-corrected chi connectivity index (χ3v) is 4.01. The van der Waals surface area contributed by atoms with Gasteiger partial charge in [-0.3, -0.25) is 14.6 Å². The molecule has 0 amide bonds. The molecule has 0 saturated carbocycles. The summed E-state index contributed by atoms with van der Waals surface area (Å²) in [6, 6.07) is 1.20. The number of aliphatic carboxylic acids is 1. The van der Waals surface area contributed by atoms with Crippen LogP contribution >= 0.6 is 0 Å². The summed E-state index contributed by atoms with van der Waals surface area (Å²) in [6.07, 6.45) is 2.03. The summed E-state index contributed by atoms with van der Waals surface area (Å²) in [5.74, 6) is -0.755. The highest BCUT2D eigenvalue weighted by molar-refractivity contribution is 5.70. The molecule has 2 saturated heterocycles. The van der Waals surface area contributed by atoms with Gasteiger partial charge in [-0.05, 0) is 33.2 Å². The summed E-state index contributed by atoms with van der Waals surface area (Å²) in [6.45, 7) is 8.46. The predicted octanol–water partition coefficient (Wildman–Crippen LogP) is 0.876. The molecule has 16 heavy (non-hydrogen) atoms. The molecule has 92 valence electrons. The van der Waals surface area contributed by atoms with E-state index in [1.54, 1.807) is 0 Å². The van der Waals surface area contributed by atoms with E-state index >= 15 is 0 Å². The van der Waals surface area contributed by atoms with E-state index in [2.05, 4.69) is 23.6 Å². The number of hydrogen-bond donors (Lipinski definition) is 1. The zero-order valence-corrected chi connectivity index (χ0v) is 10.2. The van der Waals surface area contributed by atoms with Crippen molar-refractivity contribution in [2.45, 2.75) is 38.8 Å². The van der Waals surface area contributed by atoms with Gasteiger partial charge < -0.3 is 5.11 Å². The molecule has 2 heterocycles. The van der Waals surface area contributed by atoms with Gasteiger partial charge in [0.2, 0.25) is 0 Å². The Hall–Kier alpha value is -0.610. The number of rotatable bonds is 3. The Morgan fingerprint density at radius 2 is 2.00 bits per heavy atom. The van der Waals surface area contributed by atoms with E-state index < -0.39 is 5.97 Å². The first-order valence-corrected chi connectivity index (χ1v) is 6.29. The van der Waals surface area contributed by atoms with Gasteiger partial charge in [-0.15, -0.1) is 0 Å². The fourth-order valence-electron chi connectivity index (χ4n) is 2.86. The minimum absolute atomic E-state index is 0.131. The zero-order chi connectivity index (χ0) is 11.7. The second kappa shape index (κ2) is 4.72. The lowest BCUT2D eigenvalue weighted by molar-refractivity contribution is -0.141. The SMILES string of the molecule is CC(C)N1CCC(N2CCC(C(=O)O)C2)C1. The van der Waals surface area contributed by atoms with E-state index in [0.717, 1.165) is 32.6 Å². The lowest BCUT2D eigenvalue weighted by atomic mass is 10.1. The van der Waals surface area contributed by atoms with Crippen LogP contribution in [0.1, 0.15) is 26.7 Å². The predicted molar refractivity (Wildman–Crippen MR) is 62.4 cm³/mol. The first-order valence-electron chi connectivity index (χ1n) is 6.29. The third kappa shape index (κ3) is 2.38. The van der Waals surface area contributed by atoms with Crippen LogP contribution in [0.4, 0.5) is 0 Å². The standard InChI is InChI=1S/C12H22N2O2/c1-9(2)13-6-4-11(8-13)14-5-3-10(7-14)12(15)16/h9-11H,3-8H2,1-2H3,(H,15,16). The highest BCUT2D eigenvalue weighted by atomic mass is 16.4. The van der Waals surface area contributed by atoms with Crippen molar-refractivity contribution in [1.29, 1.82) is 0 Å². The molecular formula is C12H22N2O2. The molecule has 2 unspecified atom stereocenters. The molecule has 1 N–H and O–H groups in total. The monoisotopic (exact) mass is 226 g/mol. The average Bonchev–Trinajstić information content (AvgIpc) is 2.86. The smallest absolute Gasteiger partial charge is 0.307 e. The molecule has 0 aromatic heterocycles. The molecule has 0 bridgehead atoms. The maximum absolute atomic E-state index is 10.9. The Balaban J connectivity index is 1.85. The second-order valence-corrected chi connectivity index (χ2v) is 5.35. The molecule has 0 aromatic rings. The number of nitrogens with zero attached hydrogens (tertiary/aromatic N) is 2. The first-order chi connectivity index (χ1) is 7.58. The molecule has 0 radical (unpaired) electrons. The zero-order valence-electron chi connectivity index (χ0n) is 10.2. The van der Waals surface area contributed by atoms with Crippen molar-refractivity contribution < 1.29 is 9.90 Å². The minimum Gasteiger partial charge on any atom is -0.481 e. The largest absolute Gasteiger partial charge is 0.481 e. The van der Waals surface area contributed by atoms with Crippen molar-refractivity contribution >= 4 is 5.97 Å². The Bertz CT molecular complexity index is 268. The van der Waals surface area contributed by atoms with E-state index in [9.17, 15) is 4.79 Å². The lowest BCUT2D eigenvalue weighted by Gasteiger charge is -2.25. The molecule has 0 aliphatic carbocycles. The van der Waals surface area contributed by atoms with Gasteiger partial charge in [0, 0.05) is 31.7 Å². The summed E-state index contributed by atoms with van der Waals surface area (Å²) in [5.41, 5.74) is 0. The lowest BCUT2D eigenvalue weighted by Crippen LogP contribution is -2.38. The Morgan fingerprint density at radius 3 is 2.50 bits per heavy atom. The van der Waals surface area contributed by atoms with Gasteiger partial charge in [0.05, 0.1) is 5.92 Å². The molecule has 0 spiro atoms. The topological polar surface area (TPSA) is 43.8 Å². The molecule has 0 aromatic carbocycles. The van der Waals surface area contributed by atoms with Crippen LogP contribution in [0.2, 0.25) is 0 Å². The quantitative estimate of drug-likeness (QED) is 0.775. The maximum Gasteiger partial charge on any atom is 0.307 e. The number of carbonyl (C=O) groups is 1. The molecule has 2 fully saturated rings. The Morgan fingerprint density at radius 1 is 1.25 bits per heavy atom. The summed E-state index contributed by atoms with van der Waals surface area (Å²) < 4.78 is 0. The van der Waals surface area contributed by atoms with Gasteiger partial charge in [0.25, 0.3) is 0 Å². The van der Waals surface area contributed by atoms with E-state index in [4.69, 9.17) is 5.11 Å². The number of likely N-dealkylation sites (tertiary alicyclic amines) is 2. The average molecular weight is 226 g/mol. The van der Waals surface area contributed by atoms with E-state index in [1.807, 2.05) is 0 Å². The molecule has 4 nitrogen and oxygen atoms in total. The molecule has 2 aliphatic heterocycles. The summed E-state index contributed by atoms with van der Waals surface area (Å²) >= 11 is 0. The number of hydrogen-bond acceptors (Lipinski definition) is 3. The molecule has 2 atom stereocenters. The van der Waals surface area contributed by atoms with Crippen LogP contribution < -0.4 is 0 Å². The van der Waals surface area contributed by atoms with Crippen molar-refractivity contribution in [3.8, 4) is 0 Å². The highest BCUT2D eigenvalue weighted by Crippen LogP contribution is 2.24. The molecular weight excluding hydrogens is 204 g/mol. The van der Waals surface area contributed by atoms with E-state index in [-0.39, 0.29) is 5.92 Å². The van der Waals surface area contributed by atoms with E-state index in [1.165, 1.54) is 6.42 Å². The van der Waals surface area contributed by atoms with Gasteiger partial charge in [0.1, 0.15) is 0 Å². The van der Waals surface area contributed by atoms with Crippen LogP contribution in [-0.2, 0) is 4.79 Å². The number of carboxylic acid groups (broad SMARTS) is 1. The molecule has 2 rings (SSSR count). The fraction of sp³-hybridized carbons (Fsp3) is 0.917. The Kier molecular flexibility index (Phi) is 3.50. The van der Waals surface area contributed by atoms with Gasteiger partial charge >= 0.3 is 5.97 Å². The third-order valence-electron chi connectivity index (χ3n) is 4.01. The van der Waals surface area contributed by atoms with Gasteiger partial charge in [0.15, 0.2) is 0 Å². The van der Waals surface area contributed by atoms with Crippen LogP contribution in [0, 0.1) is 5.92 Å². The van der Waals surface area contributed by atoms with Gasteiger partial charge in [-0.2, -0.15) is 0 Å². The molecule has 2 aliphatic rings. The minimum atomic E-state index is -0.624. The summed E-state index contributed by atoms with van der Waals surface area (Å²) in [7, 11) is 0. The van der Waals surface area contributed by atoms with Crippen molar-refractivity contribution in [2.24, 2.45) is 5.92 Å². The highest BCUT2D eigenvalue weighted by Gasteiger charge is 2.35.